The minimum absolute atomic E-state index is 0.213. The average molecular weight is 723 g/mol. The maximum atomic E-state index is 7.00. The third-order valence-electron chi connectivity index (χ3n) is 9.90. The van der Waals surface area contributed by atoms with E-state index in [4.69, 9.17) is 47.4 Å². The summed E-state index contributed by atoms with van der Waals surface area (Å²) in [5.41, 5.74) is 3.97. The van der Waals surface area contributed by atoms with E-state index in [2.05, 4.69) is 6.58 Å². The van der Waals surface area contributed by atoms with Crippen LogP contribution in [0.5, 0.6) is 0 Å². The van der Waals surface area contributed by atoms with Gasteiger partial charge in [0, 0.05) is 5.56 Å². The van der Waals surface area contributed by atoms with Crippen LogP contribution in [0.15, 0.2) is 134 Å². The number of ether oxygens (including phenoxy) is 10. The molecule has 0 aromatic heterocycles. The summed E-state index contributed by atoms with van der Waals surface area (Å²) < 4.78 is 65.6. The Kier molecular flexibility index (Phi) is 12.0. The molecule has 4 aliphatic heterocycles. The van der Waals surface area contributed by atoms with Crippen molar-refractivity contribution < 1.29 is 47.4 Å². The first kappa shape index (κ1) is 36.2. The molecule has 0 N–H and O–H groups in total. The van der Waals surface area contributed by atoms with E-state index in [1.165, 1.54) is 0 Å². The summed E-state index contributed by atoms with van der Waals surface area (Å²) in [5.74, 6) is 0. The molecule has 0 spiro atoms. The van der Waals surface area contributed by atoms with Gasteiger partial charge >= 0.3 is 0 Å². The third-order valence-corrected chi connectivity index (χ3v) is 9.90. The van der Waals surface area contributed by atoms with Crippen LogP contribution in [0.4, 0.5) is 0 Å². The number of hydrogen-bond acceptors (Lipinski definition) is 10. The number of benzene rings is 4. The lowest BCUT2D eigenvalue weighted by molar-refractivity contribution is -0.349. The number of hydrogen-bond donors (Lipinski definition) is 0. The van der Waals surface area contributed by atoms with E-state index >= 15 is 0 Å². The second-order valence-electron chi connectivity index (χ2n) is 13.6. The second kappa shape index (κ2) is 17.6. The van der Waals surface area contributed by atoms with Crippen molar-refractivity contribution in [3.05, 3.63) is 156 Å². The van der Waals surface area contributed by atoms with Gasteiger partial charge in [0.25, 0.3) is 0 Å². The molecule has 4 saturated heterocycles. The second-order valence-corrected chi connectivity index (χ2v) is 13.6. The van der Waals surface area contributed by atoms with Crippen molar-refractivity contribution in [2.75, 3.05) is 19.8 Å². The van der Waals surface area contributed by atoms with Gasteiger partial charge in [0.15, 0.2) is 18.9 Å². The average Bonchev–Trinajstić information content (AvgIpc) is 3.86. The summed E-state index contributed by atoms with van der Waals surface area (Å²) in [4.78, 5) is 0. The third kappa shape index (κ3) is 8.64. The van der Waals surface area contributed by atoms with E-state index in [1.54, 1.807) is 6.08 Å². The van der Waals surface area contributed by atoms with E-state index in [1.807, 2.05) is 121 Å². The fraction of sp³-hybridized carbons (Fsp3) is 0.395. The van der Waals surface area contributed by atoms with Crippen LogP contribution in [0.2, 0.25) is 0 Å². The maximum absolute atomic E-state index is 7.00. The normalized spacial score (nSPS) is 32.0. The van der Waals surface area contributed by atoms with Crippen molar-refractivity contribution in [3.8, 4) is 0 Å². The Morgan fingerprint density at radius 2 is 1.17 bits per heavy atom. The van der Waals surface area contributed by atoms with Crippen LogP contribution in [0.3, 0.4) is 0 Å². The van der Waals surface area contributed by atoms with Gasteiger partial charge in [0.2, 0.25) is 0 Å². The van der Waals surface area contributed by atoms with Crippen molar-refractivity contribution in [3.63, 3.8) is 0 Å². The Bertz CT molecular complexity index is 1700. The van der Waals surface area contributed by atoms with Crippen molar-refractivity contribution in [2.24, 2.45) is 0 Å². The lowest BCUT2D eigenvalue weighted by Gasteiger charge is -2.47. The topological polar surface area (TPSA) is 92.3 Å². The summed E-state index contributed by atoms with van der Waals surface area (Å²) in [6, 6.07) is 39.9. The molecule has 4 aliphatic rings. The first-order valence-electron chi connectivity index (χ1n) is 18.3. The van der Waals surface area contributed by atoms with Gasteiger partial charge in [0.05, 0.1) is 39.6 Å². The zero-order valence-corrected chi connectivity index (χ0v) is 29.5. The summed E-state index contributed by atoms with van der Waals surface area (Å²) >= 11 is 0. The zero-order valence-electron chi connectivity index (χ0n) is 29.5. The van der Waals surface area contributed by atoms with Gasteiger partial charge in [-0.15, -0.1) is 6.58 Å². The van der Waals surface area contributed by atoms with Gasteiger partial charge in [-0.2, -0.15) is 0 Å². The van der Waals surface area contributed by atoms with Gasteiger partial charge in [0.1, 0.15) is 48.8 Å². The van der Waals surface area contributed by atoms with E-state index in [0.29, 0.717) is 26.4 Å². The lowest BCUT2D eigenvalue weighted by atomic mass is 9.96. The van der Waals surface area contributed by atoms with Crippen LogP contribution < -0.4 is 0 Å². The predicted octanol–water partition coefficient (Wildman–Crippen LogP) is 6.29. The van der Waals surface area contributed by atoms with Gasteiger partial charge < -0.3 is 47.4 Å². The Morgan fingerprint density at radius 3 is 1.81 bits per heavy atom. The summed E-state index contributed by atoms with van der Waals surface area (Å²) in [5, 5.41) is 0. The molecule has 278 valence electrons. The minimum atomic E-state index is -0.929. The molecule has 1 unspecified atom stereocenters. The van der Waals surface area contributed by atoms with Crippen LogP contribution in [0.1, 0.15) is 28.5 Å². The lowest BCUT2D eigenvalue weighted by Crippen LogP contribution is -2.64. The van der Waals surface area contributed by atoms with Gasteiger partial charge in [-0.3, -0.25) is 0 Å². The van der Waals surface area contributed by atoms with Gasteiger partial charge in [-0.25, -0.2) is 0 Å². The fourth-order valence-electron chi connectivity index (χ4n) is 7.31. The Balaban J connectivity index is 1.09. The zero-order chi connectivity index (χ0) is 35.8. The molecular formula is C43H46O10. The van der Waals surface area contributed by atoms with Crippen LogP contribution in [0, 0.1) is 0 Å². The van der Waals surface area contributed by atoms with Crippen molar-refractivity contribution in [1.82, 2.24) is 0 Å². The van der Waals surface area contributed by atoms with E-state index in [9.17, 15) is 0 Å². The quantitative estimate of drug-likeness (QED) is 0.123. The molecule has 8 rings (SSSR count). The molecule has 4 aromatic rings. The molecule has 11 atom stereocenters. The first-order chi connectivity index (χ1) is 26.2. The first-order valence-corrected chi connectivity index (χ1v) is 18.3. The van der Waals surface area contributed by atoms with E-state index < -0.39 is 67.7 Å². The van der Waals surface area contributed by atoms with E-state index in [0.717, 1.165) is 22.3 Å². The highest BCUT2D eigenvalue weighted by molar-refractivity contribution is 5.18. The Hall–Kier alpha value is -3.78. The van der Waals surface area contributed by atoms with Crippen molar-refractivity contribution >= 4 is 0 Å². The fourth-order valence-corrected chi connectivity index (χ4v) is 7.31. The molecule has 0 aliphatic carbocycles. The molecule has 0 saturated carbocycles. The van der Waals surface area contributed by atoms with Crippen molar-refractivity contribution in [1.29, 1.82) is 0 Å². The highest BCUT2D eigenvalue weighted by Crippen LogP contribution is 2.44. The van der Waals surface area contributed by atoms with Gasteiger partial charge in [-0.05, 0) is 16.7 Å². The SMILES string of the molecule is C=CCO[C@H]1[C@@H](OCc2ccccc2)[C@@H](COCc2ccccc2)O[C@@H](O[C@H]2[C@@H]3OC(c4ccccc4)O[C@@H]3[C@@H]3OC[C@H]2O3)[C@@H]1OCc1ccccc1. The molecule has 53 heavy (non-hydrogen) atoms. The standard InChI is InChI=1S/C43H46O10/c1-2-23-45-37-35(46-25-30-17-9-4-10-18-30)33(27-44-24-29-15-7-3-8-16-29)50-43(39(37)47-26-31-19-11-5-12-20-31)51-36-34-28-48-42(49-34)40-38(36)52-41(53-40)32-21-13-6-14-22-32/h2-22,33-43H,1,23-28H2/t33-,34-,35+,36-,37+,38+,39-,40+,41?,42-,43+/m1/s1. The van der Waals surface area contributed by atoms with Crippen molar-refractivity contribution in [2.45, 2.75) is 87.5 Å². The molecule has 2 bridgehead atoms. The van der Waals surface area contributed by atoms with Gasteiger partial charge in [-0.1, -0.05) is 127 Å². The summed E-state index contributed by atoms with van der Waals surface area (Å²) in [6.07, 6.45) is -4.92. The molecule has 0 amide bonds. The molecule has 10 heteroatoms. The largest absolute Gasteiger partial charge is 0.374 e. The molecule has 4 aromatic carbocycles. The molecule has 4 fully saturated rings. The predicted molar refractivity (Wildman–Crippen MR) is 193 cm³/mol. The highest BCUT2D eigenvalue weighted by Gasteiger charge is 2.59. The summed E-state index contributed by atoms with van der Waals surface area (Å²) in [6.45, 7) is 5.77. The molecule has 0 radical (unpaired) electrons. The Morgan fingerprint density at radius 1 is 0.585 bits per heavy atom. The molecule has 4 heterocycles. The van der Waals surface area contributed by atoms with E-state index in [-0.39, 0.29) is 13.2 Å². The maximum Gasteiger partial charge on any atom is 0.187 e. The molecule has 10 nitrogen and oxygen atoms in total. The minimum Gasteiger partial charge on any atom is -0.374 e. The number of rotatable bonds is 16. The monoisotopic (exact) mass is 722 g/mol. The van der Waals surface area contributed by atoms with Crippen LogP contribution in [-0.4, -0.2) is 81.2 Å². The highest BCUT2D eigenvalue weighted by atomic mass is 16.8. The summed E-state index contributed by atoms with van der Waals surface area (Å²) in [7, 11) is 0. The number of fused-ring (bicyclic) bond motifs is 4. The van der Waals surface area contributed by atoms with Crippen LogP contribution >= 0.6 is 0 Å². The smallest absolute Gasteiger partial charge is 0.187 e. The van der Waals surface area contributed by atoms with Crippen LogP contribution in [0.25, 0.3) is 0 Å². The molecular weight excluding hydrogens is 676 g/mol. The Labute approximate surface area is 310 Å². The van der Waals surface area contributed by atoms with Crippen LogP contribution in [-0.2, 0) is 67.2 Å².